The lowest BCUT2D eigenvalue weighted by molar-refractivity contribution is -0.147. The molecule has 1 aliphatic heterocycles. The topological polar surface area (TPSA) is 65.0 Å². The first-order chi connectivity index (χ1) is 18.0. The van der Waals surface area contributed by atoms with Gasteiger partial charge in [0.1, 0.15) is 30.7 Å². The summed E-state index contributed by atoms with van der Waals surface area (Å²) in [5, 5.41) is 0. The second-order valence-corrected chi connectivity index (χ2v) is 9.39. The quantitative estimate of drug-likeness (QED) is 0.296. The predicted octanol–water partition coefficient (Wildman–Crippen LogP) is 6.02. The number of para-hydroxylation sites is 1. The summed E-state index contributed by atoms with van der Waals surface area (Å²) in [4.78, 5) is 31.7. The van der Waals surface area contributed by atoms with Crippen molar-refractivity contribution in [3.05, 3.63) is 113 Å². The molecule has 0 amide bonds. The molecular formula is C31H28FNO4. The number of hydrogen-bond acceptors (Lipinski definition) is 5. The molecule has 0 aromatic heterocycles. The number of halogens is 1. The molecule has 0 radical (unpaired) electrons. The monoisotopic (exact) mass is 497 g/mol. The van der Waals surface area contributed by atoms with Crippen LogP contribution in [0.5, 0.6) is 5.75 Å². The molecule has 1 heterocycles. The Morgan fingerprint density at radius 2 is 1.57 bits per heavy atom. The molecule has 0 saturated carbocycles. The molecule has 6 heteroatoms. The molecule has 3 aromatic carbocycles. The maximum absolute atomic E-state index is 13.8. The van der Waals surface area contributed by atoms with Gasteiger partial charge in [0.25, 0.3) is 0 Å². The van der Waals surface area contributed by atoms with E-state index in [4.69, 9.17) is 14.5 Å². The van der Waals surface area contributed by atoms with Crippen molar-refractivity contribution in [1.82, 2.24) is 0 Å². The molecule has 1 unspecified atom stereocenters. The molecule has 0 N–H and O–H groups in total. The molecule has 2 aliphatic rings. The fraction of sp³-hybridized carbons (Fsp3) is 0.258. The summed E-state index contributed by atoms with van der Waals surface area (Å²) in [5.74, 6) is -1.54. The van der Waals surface area contributed by atoms with E-state index in [1.165, 1.54) is 12.1 Å². The van der Waals surface area contributed by atoms with Gasteiger partial charge in [0, 0.05) is 29.3 Å². The third kappa shape index (κ3) is 5.38. The standard InChI is InChI=1S/C31H28FNO4/c1-20-28(31(35)37-17-16-36-25-10-6-3-7-11-25)29(22-12-14-24(32)15-13-22)30-26(33-20)18-23(19-27(30)34)21-8-4-2-5-9-21/h2-15,23,28-29H,16-19H2,1H3/t23-,28?,29+/m0/s1. The summed E-state index contributed by atoms with van der Waals surface area (Å²) in [5.41, 5.74) is 3.61. The average Bonchev–Trinajstić information content (AvgIpc) is 2.91. The van der Waals surface area contributed by atoms with Crippen LogP contribution in [-0.4, -0.2) is 30.7 Å². The molecule has 1 aliphatic carbocycles. The molecule has 5 nitrogen and oxygen atoms in total. The molecule has 0 fully saturated rings. The van der Waals surface area contributed by atoms with E-state index in [0.29, 0.717) is 41.1 Å². The fourth-order valence-corrected chi connectivity index (χ4v) is 5.26. The summed E-state index contributed by atoms with van der Waals surface area (Å²) in [7, 11) is 0. The Balaban J connectivity index is 1.41. The first kappa shape index (κ1) is 24.6. The van der Waals surface area contributed by atoms with Crippen LogP contribution in [-0.2, 0) is 14.3 Å². The summed E-state index contributed by atoms with van der Waals surface area (Å²) in [6.07, 6.45) is 0.939. The number of carbonyl (C=O) groups excluding carboxylic acids is 2. The summed E-state index contributed by atoms with van der Waals surface area (Å²) >= 11 is 0. The van der Waals surface area contributed by atoms with Crippen molar-refractivity contribution in [3.63, 3.8) is 0 Å². The molecule has 3 atom stereocenters. The highest BCUT2D eigenvalue weighted by atomic mass is 19.1. The number of nitrogens with zero attached hydrogens (tertiary/aromatic N) is 1. The minimum Gasteiger partial charge on any atom is -0.490 e. The minimum absolute atomic E-state index is 0.0245. The first-order valence-corrected chi connectivity index (χ1v) is 12.5. The largest absolute Gasteiger partial charge is 0.490 e. The number of carbonyl (C=O) groups is 2. The normalized spacial score (nSPS) is 21.2. The third-order valence-electron chi connectivity index (χ3n) is 6.98. The number of rotatable bonds is 7. The lowest BCUT2D eigenvalue weighted by Gasteiger charge is -2.36. The van der Waals surface area contributed by atoms with Crippen LogP contribution < -0.4 is 4.74 Å². The Morgan fingerprint density at radius 3 is 2.27 bits per heavy atom. The summed E-state index contributed by atoms with van der Waals surface area (Å²) < 4.78 is 25.0. The highest BCUT2D eigenvalue weighted by Crippen LogP contribution is 2.46. The average molecular weight is 498 g/mol. The van der Waals surface area contributed by atoms with E-state index >= 15 is 0 Å². The van der Waals surface area contributed by atoms with Crippen molar-refractivity contribution in [2.24, 2.45) is 10.9 Å². The number of aliphatic imine (C=N–C) groups is 1. The molecule has 5 rings (SSSR count). The van der Waals surface area contributed by atoms with Gasteiger partial charge in [-0.05, 0) is 54.7 Å². The van der Waals surface area contributed by atoms with Crippen LogP contribution in [0.15, 0.2) is 101 Å². The number of hydrogen-bond donors (Lipinski definition) is 0. The summed E-state index contributed by atoms with van der Waals surface area (Å²) in [6.45, 7) is 2.05. The minimum atomic E-state index is -0.779. The van der Waals surface area contributed by atoms with Gasteiger partial charge in [0.05, 0.1) is 0 Å². The lowest BCUT2D eigenvalue weighted by Crippen LogP contribution is -2.38. The third-order valence-corrected chi connectivity index (χ3v) is 6.98. The zero-order valence-electron chi connectivity index (χ0n) is 20.6. The Morgan fingerprint density at radius 1 is 0.892 bits per heavy atom. The molecule has 3 aromatic rings. The van der Waals surface area contributed by atoms with Gasteiger partial charge in [0.15, 0.2) is 5.78 Å². The van der Waals surface area contributed by atoms with Gasteiger partial charge in [-0.25, -0.2) is 4.39 Å². The van der Waals surface area contributed by atoms with Gasteiger partial charge in [-0.15, -0.1) is 0 Å². The number of allylic oxidation sites excluding steroid dienone is 2. The van der Waals surface area contributed by atoms with E-state index in [-0.39, 0.29) is 30.7 Å². The van der Waals surface area contributed by atoms with Crippen LogP contribution in [0.2, 0.25) is 0 Å². The fourth-order valence-electron chi connectivity index (χ4n) is 5.26. The Kier molecular flexibility index (Phi) is 7.26. The zero-order valence-corrected chi connectivity index (χ0v) is 20.6. The highest BCUT2D eigenvalue weighted by molar-refractivity contribution is 6.09. The van der Waals surface area contributed by atoms with Gasteiger partial charge in [-0.1, -0.05) is 60.7 Å². The van der Waals surface area contributed by atoms with Crippen molar-refractivity contribution >= 4 is 17.5 Å². The van der Waals surface area contributed by atoms with E-state index in [2.05, 4.69) is 0 Å². The molecule has 0 saturated heterocycles. The number of benzene rings is 3. The second kappa shape index (κ2) is 10.9. The molecular weight excluding hydrogens is 469 g/mol. The van der Waals surface area contributed by atoms with E-state index in [1.807, 2.05) is 60.7 Å². The number of ether oxygens (including phenoxy) is 2. The van der Waals surface area contributed by atoms with Crippen LogP contribution in [0.25, 0.3) is 0 Å². The Bertz CT molecular complexity index is 1330. The predicted molar refractivity (Wildman–Crippen MR) is 139 cm³/mol. The molecule has 188 valence electrons. The van der Waals surface area contributed by atoms with Gasteiger partial charge < -0.3 is 9.47 Å². The van der Waals surface area contributed by atoms with Crippen LogP contribution >= 0.6 is 0 Å². The van der Waals surface area contributed by atoms with Crippen LogP contribution in [0.4, 0.5) is 4.39 Å². The van der Waals surface area contributed by atoms with Crippen molar-refractivity contribution in [1.29, 1.82) is 0 Å². The van der Waals surface area contributed by atoms with Crippen LogP contribution in [0, 0.1) is 11.7 Å². The SMILES string of the molecule is CC1=NC2=C(C(=O)C[C@@H](c3ccccc3)C2)[C@H](c2ccc(F)cc2)C1C(=O)OCCOc1ccccc1. The van der Waals surface area contributed by atoms with Crippen molar-refractivity contribution in [2.45, 2.75) is 31.6 Å². The van der Waals surface area contributed by atoms with Crippen molar-refractivity contribution < 1.29 is 23.5 Å². The number of Topliss-reactive ketones (excluding diaryl/α,β-unsaturated/α-hetero) is 1. The van der Waals surface area contributed by atoms with Gasteiger partial charge in [-0.2, -0.15) is 0 Å². The van der Waals surface area contributed by atoms with E-state index in [1.54, 1.807) is 19.1 Å². The maximum atomic E-state index is 13.8. The molecule has 0 bridgehead atoms. The summed E-state index contributed by atoms with van der Waals surface area (Å²) in [6, 6.07) is 25.2. The van der Waals surface area contributed by atoms with E-state index in [9.17, 15) is 14.0 Å². The van der Waals surface area contributed by atoms with E-state index in [0.717, 1.165) is 5.56 Å². The zero-order chi connectivity index (χ0) is 25.8. The highest BCUT2D eigenvalue weighted by Gasteiger charge is 2.44. The smallest absolute Gasteiger partial charge is 0.315 e. The Hall–Kier alpha value is -4.06. The maximum Gasteiger partial charge on any atom is 0.315 e. The molecule has 0 spiro atoms. The van der Waals surface area contributed by atoms with Crippen LogP contribution in [0.1, 0.15) is 42.7 Å². The Labute approximate surface area is 215 Å². The van der Waals surface area contributed by atoms with Gasteiger partial charge >= 0.3 is 5.97 Å². The second-order valence-electron chi connectivity index (χ2n) is 9.39. The van der Waals surface area contributed by atoms with Gasteiger partial charge in [-0.3, -0.25) is 14.6 Å². The lowest BCUT2D eigenvalue weighted by atomic mass is 9.69. The van der Waals surface area contributed by atoms with Crippen molar-refractivity contribution in [2.75, 3.05) is 13.2 Å². The van der Waals surface area contributed by atoms with Gasteiger partial charge in [0.2, 0.25) is 0 Å². The van der Waals surface area contributed by atoms with Crippen LogP contribution in [0.3, 0.4) is 0 Å². The number of ketones is 1. The molecule has 37 heavy (non-hydrogen) atoms. The number of esters is 1. The van der Waals surface area contributed by atoms with E-state index < -0.39 is 17.8 Å². The van der Waals surface area contributed by atoms with Crippen molar-refractivity contribution in [3.8, 4) is 5.75 Å². The first-order valence-electron chi connectivity index (χ1n) is 12.5.